The number of phenols is 1. The number of benzene rings is 1. The summed E-state index contributed by atoms with van der Waals surface area (Å²) in [7, 11) is 7.47. The van der Waals surface area contributed by atoms with Gasteiger partial charge in [0.1, 0.15) is 11.3 Å². The minimum Gasteiger partial charge on any atom is -0.506 e. The van der Waals surface area contributed by atoms with E-state index in [9.17, 15) is 9.90 Å². The lowest BCUT2D eigenvalue weighted by molar-refractivity contribution is 0.0597. The fourth-order valence-corrected chi connectivity index (χ4v) is 1.89. The van der Waals surface area contributed by atoms with Gasteiger partial charge in [0.05, 0.1) is 12.0 Å². The van der Waals surface area contributed by atoms with Gasteiger partial charge >= 0.3 is 5.97 Å². The van der Waals surface area contributed by atoms with E-state index in [0.717, 1.165) is 11.0 Å². The SMILES string of the molecule is COC(=O)c1cc(Cl)cc(SCl)c1O. The Morgan fingerprint density at radius 3 is 2.71 bits per heavy atom. The largest absolute Gasteiger partial charge is 0.506 e. The Balaban J connectivity index is 3.29. The number of rotatable bonds is 2. The van der Waals surface area contributed by atoms with E-state index in [2.05, 4.69) is 4.74 Å². The van der Waals surface area contributed by atoms with Crippen molar-refractivity contribution in [3.8, 4) is 5.75 Å². The molecule has 0 amide bonds. The van der Waals surface area contributed by atoms with Gasteiger partial charge in [0.15, 0.2) is 0 Å². The maximum Gasteiger partial charge on any atom is 0.341 e. The van der Waals surface area contributed by atoms with Crippen molar-refractivity contribution in [1.29, 1.82) is 0 Å². The number of phenolic OH excluding ortho intramolecular Hbond substituents is 1. The molecular formula is C8H6Cl2O3S. The van der Waals surface area contributed by atoms with Crippen LogP contribution >= 0.6 is 33.3 Å². The van der Waals surface area contributed by atoms with Crippen LogP contribution in [-0.2, 0) is 4.74 Å². The van der Waals surface area contributed by atoms with Crippen molar-refractivity contribution in [3.05, 3.63) is 22.7 Å². The molecule has 0 aliphatic rings. The molecule has 0 saturated heterocycles. The van der Waals surface area contributed by atoms with E-state index in [4.69, 9.17) is 22.3 Å². The summed E-state index contributed by atoms with van der Waals surface area (Å²) in [5.74, 6) is -0.877. The molecule has 3 nitrogen and oxygen atoms in total. The highest BCUT2D eigenvalue weighted by atomic mass is 35.7. The summed E-state index contributed by atoms with van der Waals surface area (Å²) in [6.45, 7) is 0. The molecule has 0 spiro atoms. The van der Waals surface area contributed by atoms with E-state index < -0.39 is 5.97 Å². The van der Waals surface area contributed by atoms with E-state index >= 15 is 0 Å². The summed E-state index contributed by atoms with van der Waals surface area (Å²) in [6.07, 6.45) is 0. The molecule has 0 aliphatic carbocycles. The van der Waals surface area contributed by atoms with Crippen LogP contribution in [0.4, 0.5) is 0 Å². The molecule has 0 heterocycles. The Bertz CT molecular complexity index is 368. The number of hydrogen-bond donors (Lipinski definition) is 1. The third-order valence-corrected chi connectivity index (χ3v) is 2.72. The van der Waals surface area contributed by atoms with E-state index in [1.54, 1.807) is 0 Å². The van der Waals surface area contributed by atoms with Crippen LogP contribution in [0.1, 0.15) is 10.4 Å². The number of esters is 1. The summed E-state index contributed by atoms with van der Waals surface area (Å²) in [5.41, 5.74) is 0.00292. The van der Waals surface area contributed by atoms with Crippen molar-refractivity contribution >= 4 is 39.2 Å². The van der Waals surface area contributed by atoms with Crippen LogP contribution in [0.25, 0.3) is 0 Å². The van der Waals surface area contributed by atoms with Crippen molar-refractivity contribution < 1.29 is 14.6 Å². The predicted octanol–water partition coefficient (Wildman–Crippen LogP) is 3.08. The fourth-order valence-electron chi connectivity index (χ4n) is 0.899. The number of ether oxygens (including phenoxy) is 1. The summed E-state index contributed by atoms with van der Waals surface area (Å²) >= 11 is 5.71. The van der Waals surface area contributed by atoms with Gasteiger partial charge in [-0.1, -0.05) is 11.6 Å². The number of aromatic hydroxyl groups is 1. The zero-order chi connectivity index (χ0) is 10.7. The lowest BCUT2D eigenvalue weighted by Gasteiger charge is -2.06. The first kappa shape index (κ1) is 11.5. The monoisotopic (exact) mass is 252 g/mol. The van der Waals surface area contributed by atoms with Gasteiger partial charge in [0, 0.05) is 5.02 Å². The number of methoxy groups -OCH3 is 1. The lowest BCUT2D eigenvalue weighted by Crippen LogP contribution is -2.01. The first-order chi connectivity index (χ1) is 6.60. The lowest BCUT2D eigenvalue weighted by atomic mass is 10.2. The molecule has 6 heteroatoms. The van der Waals surface area contributed by atoms with Gasteiger partial charge in [0.25, 0.3) is 0 Å². The third kappa shape index (κ3) is 2.26. The van der Waals surface area contributed by atoms with Crippen LogP contribution in [0.3, 0.4) is 0 Å². The third-order valence-electron chi connectivity index (χ3n) is 1.53. The highest BCUT2D eigenvalue weighted by Gasteiger charge is 2.16. The van der Waals surface area contributed by atoms with Gasteiger partial charge in [-0.25, -0.2) is 4.79 Å². The molecule has 0 radical (unpaired) electrons. The van der Waals surface area contributed by atoms with E-state index in [1.165, 1.54) is 19.2 Å². The Morgan fingerprint density at radius 1 is 1.57 bits per heavy atom. The summed E-state index contributed by atoms with van der Waals surface area (Å²) in [4.78, 5) is 11.5. The van der Waals surface area contributed by atoms with Gasteiger partial charge < -0.3 is 9.84 Å². The van der Waals surface area contributed by atoms with Crippen molar-refractivity contribution in [1.82, 2.24) is 0 Å². The Morgan fingerprint density at radius 2 is 2.21 bits per heavy atom. The van der Waals surface area contributed by atoms with Crippen molar-refractivity contribution in [2.45, 2.75) is 4.90 Å². The molecule has 1 N–H and O–H groups in total. The van der Waals surface area contributed by atoms with Crippen LogP contribution in [-0.4, -0.2) is 18.2 Å². The van der Waals surface area contributed by atoms with Crippen LogP contribution in [0.15, 0.2) is 17.0 Å². The van der Waals surface area contributed by atoms with E-state index in [0.29, 0.717) is 9.92 Å². The second-order valence-electron chi connectivity index (χ2n) is 2.37. The predicted molar refractivity (Wildman–Crippen MR) is 56.2 cm³/mol. The number of hydrogen-bond acceptors (Lipinski definition) is 4. The summed E-state index contributed by atoms with van der Waals surface area (Å²) in [6, 6.07) is 2.78. The van der Waals surface area contributed by atoms with Crippen LogP contribution in [0, 0.1) is 0 Å². The fraction of sp³-hybridized carbons (Fsp3) is 0.125. The van der Waals surface area contributed by atoms with E-state index in [1.807, 2.05) is 0 Å². The topological polar surface area (TPSA) is 46.5 Å². The molecule has 0 aromatic heterocycles. The molecule has 76 valence electrons. The molecule has 1 aromatic carbocycles. The molecule has 0 fully saturated rings. The molecule has 0 saturated carbocycles. The molecular weight excluding hydrogens is 247 g/mol. The standard InChI is InChI=1S/C8H6Cl2O3S/c1-13-8(12)5-2-4(9)3-6(14-10)7(5)11/h2-3,11H,1H3. The van der Waals surface area contributed by atoms with Crippen molar-refractivity contribution in [2.24, 2.45) is 0 Å². The molecule has 0 bridgehead atoms. The Hall–Kier alpha value is -0.580. The summed E-state index contributed by atoms with van der Waals surface area (Å²) < 4.78 is 4.46. The van der Waals surface area contributed by atoms with Gasteiger partial charge in [-0.15, -0.1) is 0 Å². The molecule has 0 aliphatic heterocycles. The van der Waals surface area contributed by atoms with Gasteiger partial charge in [-0.2, -0.15) is 0 Å². The first-order valence-corrected chi connectivity index (χ1v) is 5.51. The maximum atomic E-state index is 11.2. The minimum absolute atomic E-state index is 0.00292. The van der Waals surface area contributed by atoms with Gasteiger partial charge in [-0.05, 0) is 33.8 Å². The van der Waals surface area contributed by atoms with Crippen molar-refractivity contribution in [2.75, 3.05) is 7.11 Å². The normalized spacial score (nSPS) is 9.93. The zero-order valence-electron chi connectivity index (χ0n) is 7.08. The maximum absolute atomic E-state index is 11.2. The molecule has 0 unspecified atom stereocenters. The number of carbonyl (C=O) groups is 1. The second-order valence-corrected chi connectivity index (χ2v) is 3.86. The highest BCUT2D eigenvalue weighted by Crippen LogP contribution is 2.36. The van der Waals surface area contributed by atoms with Crippen molar-refractivity contribution in [3.63, 3.8) is 0 Å². The molecule has 1 rings (SSSR count). The quantitative estimate of drug-likeness (QED) is 0.822. The van der Waals surface area contributed by atoms with Gasteiger partial charge in [-0.3, -0.25) is 0 Å². The van der Waals surface area contributed by atoms with Gasteiger partial charge in [0.2, 0.25) is 0 Å². The molecule has 14 heavy (non-hydrogen) atoms. The zero-order valence-corrected chi connectivity index (χ0v) is 9.41. The molecule has 0 atom stereocenters. The Kier molecular flexibility index (Phi) is 3.92. The minimum atomic E-state index is -0.656. The second kappa shape index (κ2) is 4.77. The molecule has 1 aromatic rings. The van der Waals surface area contributed by atoms with Crippen LogP contribution in [0.2, 0.25) is 5.02 Å². The van der Waals surface area contributed by atoms with E-state index in [-0.39, 0.29) is 11.3 Å². The smallest absolute Gasteiger partial charge is 0.341 e. The highest BCUT2D eigenvalue weighted by molar-refractivity contribution is 8.21. The number of halogens is 2. The van der Waals surface area contributed by atoms with Crippen LogP contribution < -0.4 is 0 Å². The average Bonchev–Trinajstić information content (AvgIpc) is 2.19. The summed E-state index contributed by atoms with van der Waals surface area (Å²) in [5, 5.41) is 9.86. The van der Waals surface area contributed by atoms with Crippen LogP contribution in [0.5, 0.6) is 5.75 Å². The first-order valence-electron chi connectivity index (χ1n) is 3.49. The average molecular weight is 253 g/mol. The number of carbonyl (C=O) groups excluding carboxylic acids is 1. The Labute approximate surface area is 94.5 Å².